The minimum atomic E-state index is -0.362. The number of ether oxygens (including phenoxy) is 1. The molecule has 0 atom stereocenters. The molecule has 124 valence electrons. The van der Waals surface area contributed by atoms with Crippen LogP contribution in [0.5, 0.6) is 0 Å². The molecule has 0 spiro atoms. The lowest BCUT2D eigenvalue weighted by Crippen LogP contribution is -2.34. The molecule has 0 aliphatic rings. The first-order valence-electron chi connectivity index (χ1n) is 7.29. The van der Waals surface area contributed by atoms with E-state index in [9.17, 15) is 9.18 Å². The maximum atomic E-state index is 13.3. The van der Waals surface area contributed by atoms with Gasteiger partial charge in [0.15, 0.2) is 0 Å². The number of pyridine rings is 1. The fourth-order valence-electron chi connectivity index (χ4n) is 2.39. The standard InChI is InChI=1S/C17H15ClFN3O2/c1-24-7-6-22(16-5-3-12(18)10-20-16)17(23)15-8-11-2-4-13(19)9-14(11)21-15/h2-5,8-10,21H,6-7H2,1H3. The van der Waals surface area contributed by atoms with E-state index in [-0.39, 0.29) is 11.7 Å². The Kier molecular flexibility index (Phi) is 4.78. The van der Waals surface area contributed by atoms with Gasteiger partial charge in [-0.3, -0.25) is 9.69 Å². The highest BCUT2D eigenvalue weighted by Crippen LogP contribution is 2.21. The van der Waals surface area contributed by atoms with Crippen molar-refractivity contribution in [2.45, 2.75) is 0 Å². The van der Waals surface area contributed by atoms with Gasteiger partial charge in [0.1, 0.15) is 17.3 Å². The Morgan fingerprint density at radius 3 is 2.88 bits per heavy atom. The average Bonchev–Trinajstić information content (AvgIpc) is 2.99. The fourth-order valence-corrected chi connectivity index (χ4v) is 2.50. The summed E-state index contributed by atoms with van der Waals surface area (Å²) in [4.78, 5) is 21.5. The smallest absolute Gasteiger partial charge is 0.275 e. The molecule has 0 radical (unpaired) electrons. The Morgan fingerprint density at radius 1 is 1.33 bits per heavy atom. The fraction of sp³-hybridized carbons (Fsp3) is 0.176. The molecular formula is C17H15ClFN3O2. The molecule has 0 bridgehead atoms. The van der Waals surface area contributed by atoms with Crippen LogP contribution in [-0.2, 0) is 4.74 Å². The Hall–Kier alpha value is -2.44. The number of benzene rings is 1. The quantitative estimate of drug-likeness (QED) is 0.766. The highest BCUT2D eigenvalue weighted by Gasteiger charge is 2.20. The van der Waals surface area contributed by atoms with E-state index in [1.807, 2.05) is 0 Å². The molecule has 7 heteroatoms. The maximum absolute atomic E-state index is 13.3. The zero-order valence-corrected chi connectivity index (χ0v) is 13.7. The lowest BCUT2D eigenvalue weighted by molar-refractivity contribution is 0.0971. The Bertz CT molecular complexity index is 864. The lowest BCUT2D eigenvalue weighted by atomic mass is 10.2. The largest absolute Gasteiger partial charge is 0.383 e. The molecule has 2 heterocycles. The molecule has 1 N–H and O–H groups in total. The number of methoxy groups -OCH3 is 1. The monoisotopic (exact) mass is 347 g/mol. The molecule has 0 unspecified atom stereocenters. The third-order valence-electron chi connectivity index (χ3n) is 3.57. The molecule has 3 aromatic rings. The van der Waals surface area contributed by atoms with Gasteiger partial charge in [-0.05, 0) is 36.4 Å². The van der Waals surface area contributed by atoms with Crippen molar-refractivity contribution in [2.24, 2.45) is 0 Å². The Balaban J connectivity index is 1.95. The van der Waals surface area contributed by atoms with Crippen molar-refractivity contribution >= 4 is 34.2 Å². The number of nitrogens with one attached hydrogen (secondary N) is 1. The minimum Gasteiger partial charge on any atom is -0.383 e. The summed E-state index contributed by atoms with van der Waals surface area (Å²) in [6.07, 6.45) is 1.48. The number of carbonyl (C=O) groups is 1. The van der Waals surface area contributed by atoms with Crippen LogP contribution in [0.2, 0.25) is 5.02 Å². The maximum Gasteiger partial charge on any atom is 0.275 e. The van der Waals surface area contributed by atoms with Crippen molar-refractivity contribution < 1.29 is 13.9 Å². The molecule has 3 rings (SSSR count). The van der Waals surface area contributed by atoms with Gasteiger partial charge in [-0.1, -0.05) is 11.6 Å². The van der Waals surface area contributed by atoms with Crippen molar-refractivity contribution in [1.82, 2.24) is 9.97 Å². The molecule has 24 heavy (non-hydrogen) atoms. The number of nitrogens with zero attached hydrogens (tertiary/aromatic N) is 2. The van der Waals surface area contributed by atoms with E-state index in [1.54, 1.807) is 31.4 Å². The van der Waals surface area contributed by atoms with E-state index in [0.29, 0.717) is 35.2 Å². The molecule has 0 saturated heterocycles. The average molecular weight is 348 g/mol. The predicted octanol–water partition coefficient (Wildman–Crippen LogP) is 3.65. The SMILES string of the molecule is COCCN(C(=O)c1cc2ccc(F)cc2[nH]1)c1ccc(Cl)cn1. The van der Waals surface area contributed by atoms with Gasteiger partial charge in [0.25, 0.3) is 5.91 Å². The van der Waals surface area contributed by atoms with E-state index in [2.05, 4.69) is 9.97 Å². The van der Waals surface area contributed by atoms with Crippen LogP contribution in [0.15, 0.2) is 42.6 Å². The number of hydrogen-bond donors (Lipinski definition) is 1. The number of fused-ring (bicyclic) bond motifs is 1. The molecule has 0 saturated carbocycles. The van der Waals surface area contributed by atoms with Gasteiger partial charge < -0.3 is 9.72 Å². The van der Waals surface area contributed by atoms with Gasteiger partial charge in [0.2, 0.25) is 0 Å². The van der Waals surface area contributed by atoms with Crippen molar-refractivity contribution in [1.29, 1.82) is 0 Å². The number of H-pyrrole nitrogens is 1. The summed E-state index contributed by atoms with van der Waals surface area (Å²) in [5, 5.41) is 1.24. The molecule has 1 aromatic carbocycles. The number of carbonyl (C=O) groups excluding carboxylic acids is 1. The van der Waals surface area contributed by atoms with E-state index in [1.165, 1.54) is 23.2 Å². The van der Waals surface area contributed by atoms with Crippen LogP contribution in [0.25, 0.3) is 10.9 Å². The van der Waals surface area contributed by atoms with Crippen molar-refractivity contribution in [3.8, 4) is 0 Å². The van der Waals surface area contributed by atoms with E-state index >= 15 is 0 Å². The molecule has 2 aromatic heterocycles. The molecule has 1 amide bonds. The van der Waals surface area contributed by atoms with Crippen LogP contribution in [0.1, 0.15) is 10.5 Å². The van der Waals surface area contributed by atoms with E-state index < -0.39 is 0 Å². The van der Waals surface area contributed by atoms with Crippen LogP contribution >= 0.6 is 11.6 Å². The summed E-state index contributed by atoms with van der Waals surface area (Å²) in [7, 11) is 1.56. The zero-order chi connectivity index (χ0) is 17.1. The van der Waals surface area contributed by atoms with Crippen LogP contribution in [0, 0.1) is 5.82 Å². The normalized spacial score (nSPS) is 11.0. The molecule has 5 nitrogen and oxygen atoms in total. The summed E-state index contributed by atoms with van der Waals surface area (Å²) in [6.45, 7) is 0.679. The van der Waals surface area contributed by atoms with E-state index in [0.717, 1.165) is 5.39 Å². The molecular weight excluding hydrogens is 333 g/mol. The number of hydrogen-bond acceptors (Lipinski definition) is 3. The lowest BCUT2D eigenvalue weighted by Gasteiger charge is -2.20. The van der Waals surface area contributed by atoms with Crippen molar-refractivity contribution in [3.05, 3.63) is 59.1 Å². The summed E-state index contributed by atoms with van der Waals surface area (Å²) in [6, 6.07) is 9.35. The third kappa shape index (κ3) is 3.39. The highest BCUT2D eigenvalue weighted by atomic mass is 35.5. The third-order valence-corrected chi connectivity index (χ3v) is 3.79. The molecule has 0 aliphatic carbocycles. The van der Waals surface area contributed by atoms with Gasteiger partial charge >= 0.3 is 0 Å². The molecule has 0 fully saturated rings. The van der Waals surface area contributed by atoms with Gasteiger partial charge in [0, 0.05) is 24.2 Å². The number of aromatic nitrogens is 2. The van der Waals surface area contributed by atoms with Crippen LogP contribution < -0.4 is 4.90 Å². The predicted molar refractivity (Wildman–Crippen MR) is 91.1 cm³/mol. The second kappa shape index (κ2) is 6.98. The zero-order valence-electron chi connectivity index (χ0n) is 12.9. The van der Waals surface area contributed by atoms with Crippen LogP contribution in [-0.4, -0.2) is 36.1 Å². The minimum absolute atomic E-state index is 0.279. The summed E-state index contributed by atoms with van der Waals surface area (Å²) in [5.41, 5.74) is 0.914. The first kappa shape index (κ1) is 16.4. The van der Waals surface area contributed by atoms with Crippen molar-refractivity contribution in [3.63, 3.8) is 0 Å². The van der Waals surface area contributed by atoms with E-state index in [4.69, 9.17) is 16.3 Å². The second-order valence-corrected chi connectivity index (χ2v) is 5.64. The number of amides is 1. The number of aromatic amines is 1. The number of anilines is 1. The highest BCUT2D eigenvalue weighted by molar-refractivity contribution is 6.30. The Labute approximate surface area is 143 Å². The topological polar surface area (TPSA) is 58.2 Å². The van der Waals surface area contributed by atoms with Gasteiger partial charge in [-0.15, -0.1) is 0 Å². The van der Waals surface area contributed by atoms with Crippen LogP contribution in [0.4, 0.5) is 10.2 Å². The number of rotatable bonds is 5. The molecule has 0 aliphatic heterocycles. The van der Waals surface area contributed by atoms with Gasteiger partial charge in [0.05, 0.1) is 18.2 Å². The summed E-state index contributed by atoms with van der Waals surface area (Å²) < 4.78 is 18.4. The van der Waals surface area contributed by atoms with Crippen molar-refractivity contribution in [2.75, 3.05) is 25.2 Å². The number of halogens is 2. The first-order valence-corrected chi connectivity index (χ1v) is 7.67. The Morgan fingerprint density at radius 2 is 2.17 bits per heavy atom. The first-order chi connectivity index (χ1) is 11.6. The van der Waals surface area contributed by atoms with Gasteiger partial charge in [-0.2, -0.15) is 0 Å². The summed E-state index contributed by atoms with van der Waals surface area (Å²) in [5.74, 6) is -0.177. The summed E-state index contributed by atoms with van der Waals surface area (Å²) >= 11 is 5.85. The van der Waals surface area contributed by atoms with Gasteiger partial charge in [-0.25, -0.2) is 9.37 Å². The van der Waals surface area contributed by atoms with Crippen LogP contribution in [0.3, 0.4) is 0 Å². The second-order valence-electron chi connectivity index (χ2n) is 5.20.